The van der Waals surface area contributed by atoms with Crippen molar-refractivity contribution in [2.24, 2.45) is 0 Å². The normalized spacial score (nSPS) is 18.4. The van der Waals surface area contributed by atoms with Crippen molar-refractivity contribution in [1.82, 2.24) is 14.1 Å². The van der Waals surface area contributed by atoms with Gasteiger partial charge in [0.1, 0.15) is 10.7 Å². The number of halogens is 1. The molecule has 1 amide bonds. The lowest BCUT2D eigenvalue weighted by molar-refractivity contribution is -0.133. The molecular formula is C24H28FN5O3S. The second-order valence-electron chi connectivity index (χ2n) is 8.49. The lowest BCUT2D eigenvalue weighted by Crippen LogP contribution is -2.52. The van der Waals surface area contributed by atoms with Crippen molar-refractivity contribution in [1.29, 1.82) is 5.26 Å². The van der Waals surface area contributed by atoms with Crippen molar-refractivity contribution in [3.63, 3.8) is 0 Å². The number of piperazine rings is 1. The van der Waals surface area contributed by atoms with Crippen LogP contribution in [-0.4, -0.2) is 87.3 Å². The summed E-state index contributed by atoms with van der Waals surface area (Å²) in [5.41, 5.74) is 1.70. The third-order valence-corrected chi connectivity index (χ3v) is 8.29. The molecule has 2 saturated heterocycles. The first kappa shape index (κ1) is 24.1. The van der Waals surface area contributed by atoms with Gasteiger partial charge in [0.2, 0.25) is 15.9 Å². The maximum Gasteiger partial charge on any atom is 0.246 e. The Kier molecular flexibility index (Phi) is 7.46. The molecule has 0 spiro atoms. The van der Waals surface area contributed by atoms with Crippen LogP contribution >= 0.6 is 0 Å². The molecule has 2 aliphatic heterocycles. The molecule has 180 valence electrons. The average molecular weight is 486 g/mol. The van der Waals surface area contributed by atoms with Gasteiger partial charge in [-0.25, -0.2) is 12.8 Å². The van der Waals surface area contributed by atoms with Crippen molar-refractivity contribution in [3.05, 3.63) is 59.9 Å². The Morgan fingerprint density at radius 2 is 1.62 bits per heavy atom. The van der Waals surface area contributed by atoms with Crippen LogP contribution in [-0.2, 0) is 14.8 Å². The van der Waals surface area contributed by atoms with E-state index in [1.165, 1.54) is 22.5 Å². The first-order valence-electron chi connectivity index (χ1n) is 11.4. The highest BCUT2D eigenvalue weighted by atomic mass is 32.2. The molecule has 2 heterocycles. The smallest absolute Gasteiger partial charge is 0.246 e. The molecule has 0 saturated carbocycles. The summed E-state index contributed by atoms with van der Waals surface area (Å²) in [7, 11) is -3.92. The molecule has 0 bridgehead atoms. The highest BCUT2D eigenvalue weighted by Crippen LogP contribution is 2.21. The van der Waals surface area contributed by atoms with Gasteiger partial charge in [0, 0.05) is 58.0 Å². The molecule has 2 aromatic carbocycles. The molecule has 4 rings (SSSR count). The van der Waals surface area contributed by atoms with Gasteiger partial charge in [-0.15, -0.1) is 0 Å². The van der Waals surface area contributed by atoms with Crippen LogP contribution in [0.1, 0.15) is 12.0 Å². The quantitative estimate of drug-likeness (QED) is 0.641. The third kappa shape index (κ3) is 5.38. The summed E-state index contributed by atoms with van der Waals surface area (Å²) in [5.74, 6) is -0.785. The number of hydrogen-bond donors (Lipinski definition) is 0. The van der Waals surface area contributed by atoms with Gasteiger partial charge in [0.05, 0.1) is 18.2 Å². The van der Waals surface area contributed by atoms with Gasteiger partial charge in [0.25, 0.3) is 0 Å². The molecular weight excluding hydrogens is 457 g/mol. The highest BCUT2D eigenvalue weighted by molar-refractivity contribution is 7.89. The van der Waals surface area contributed by atoms with E-state index in [0.29, 0.717) is 12.1 Å². The van der Waals surface area contributed by atoms with Gasteiger partial charge < -0.3 is 9.80 Å². The van der Waals surface area contributed by atoms with E-state index in [1.807, 2.05) is 24.3 Å². The zero-order valence-corrected chi connectivity index (χ0v) is 19.8. The number of benzene rings is 2. The second kappa shape index (κ2) is 10.5. The molecule has 0 radical (unpaired) electrons. The number of rotatable bonds is 5. The third-order valence-electron chi connectivity index (χ3n) is 6.35. The van der Waals surface area contributed by atoms with Gasteiger partial charge in [-0.05, 0) is 42.8 Å². The number of hydrogen-bond acceptors (Lipinski definition) is 6. The second-order valence-corrected chi connectivity index (χ2v) is 10.4. The van der Waals surface area contributed by atoms with E-state index in [4.69, 9.17) is 5.26 Å². The van der Waals surface area contributed by atoms with Crippen LogP contribution < -0.4 is 4.90 Å². The van der Waals surface area contributed by atoms with Crippen molar-refractivity contribution in [2.45, 2.75) is 11.3 Å². The van der Waals surface area contributed by atoms with Gasteiger partial charge in [0.15, 0.2) is 0 Å². The number of anilines is 1. The zero-order chi connectivity index (χ0) is 24.1. The highest BCUT2D eigenvalue weighted by Gasteiger charge is 2.32. The molecule has 0 N–H and O–H groups in total. The van der Waals surface area contributed by atoms with Gasteiger partial charge in [-0.3, -0.25) is 9.69 Å². The summed E-state index contributed by atoms with van der Waals surface area (Å²) >= 11 is 0. The van der Waals surface area contributed by atoms with Crippen molar-refractivity contribution in [3.8, 4) is 6.07 Å². The SMILES string of the molecule is N#Cc1ccc(N2CCCN(CC(=O)N3CCN(S(=O)(=O)c4ccccc4F)CC3)CC2)cc1. The van der Waals surface area contributed by atoms with E-state index in [-0.39, 0.29) is 37.0 Å². The van der Waals surface area contributed by atoms with Crippen LogP contribution in [0.2, 0.25) is 0 Å². The number of carbonyl (C=O) groups is 1. The summed E-state index contributed by atoms with van der Waals surface area (Å²) < 4.78 is 40.8. The maximum atomic E-state index is 14.0. The van der Waals surface area contributed by atoms with Gasteiger partial charge >= 0.3 is 0 Å². The molecule has 2 fully saturated rings. The molecule has 0 atom stereocenters. The Hall–Kier alpha value is -3.00. The first-order chi connectivity index (χ1) is 16.4. The van der Waals surface area contributed by atoms with Crippen LogP contribution in [0.4, 0.5) is 10.1 Å². The summed E-state index contributed by atoms with van der Waals surface area (Å²) in [6, 6.07) is 15.0. The Bertz CT molecular complexity index is 1160. The molecule has 0 aromatic heterocycles. The minimum absolute atomic E-state index is 0.0187. The topological polar surface area (TPSA) is 88.0 Å². The van der Waals surface area contributed by atoms with Gasteiger partial charge in [-0.2, -0.15) is 9.57 Å². The van der Waals surface area contributed by atoms with Crippen molar-refractivity contribution < 1.29 is 17.6 Å². The molecule has 34 heavy (non-hydrogen) atoms. The number of carbonyl (C=O) groups excluding carboxylic acids is 1. The Morgan fingerprint density at radius 1 is 0.912 bits per heavy atom. The van der Waals surface area contributed by atoms with Crippen LogP contribution in [0.3, 0.4) is 0 Å². The minimum Gasteiger partial charge on any atom is -0.370 e. The van der Waals surface area contributed by atoms with E-state index in [0.717, 1.165) is 44.4 Å². The largest absolute Gasteiger partial charge is 0.370 e. The Morgan fingerprint density at radius 3 is 2.29 bits per heavy atom. The predicted molar refractivity (Wildman–Crippen MR) is 126 cm³/mol. The average Bonchev–Trinajstić information content (AvgIpc) is 3.10. The van der Waals surface area contributed by atoms with Crippen LogP contribution in [0, 0.1) is 17.1 Å². The van der Waals surface area contributed by atoms with E-state index in [9.17, 15) is 17.6 Å². The van der Waals surface area contributed by atoms with Gasteiger partial charge in [-0.1, -0.05) is 12.1 Å². The van der Waals surface area contributed by atoms with E-state index in [1.54, 1.807) is 4.90 Å². The lowest BCUT2D eigenvalue weighted by atomic mass is 10.2. The number of sulfonamides is 1. The molecule has 8 nitrogen and oxygen atoms in total. The zero-order valence-electron chi connectivity index (χ0n) is 18.9. The van der Waals surface area contributed by atoms with Crippen LogP contribution in [0.15, 0.2) is 53.4 Å². The monoisotopic (exact) mass is 485 g/mol. The molecule has 0 aliphatic carbocycles. The molecule has 2 aromatic rings. The summed E-state index contributed by atoms with van der Waals surface area (Å²) in [6.45, 7) is 4.38. The summed E-state index contributed by atoms with van der Waals surface area (Å²) in [4.78, 5) is 18.7. The Labute approximate surface area is 199 Å². The van der Waals surface area contributed by atoms with E-state index < -0.39 is 15.8 Å². The number of nitrogens with zero attached hydrogens (tertiary/aromatic N) is 5. The van der Waals surface area contributed by atoms with Crippen LogP contribution in [0.25, 0.3) is 0 Å². The first-order valence-corrected chi connectivity index (χ1v) is 12.8. The summed E-state index contributed by atoms with van der Waals surface area (Å²) in [5, 5.41) is 8.97. The minimum atomic E-state index is -3.92. The number of nitriles is 1. The fourth-order valence-corrected chi connectivity index (χ4v) is 5.88. The standard InChI is InChI=1S/C24H28FN5O3S/c25-22-4-1-2-5-23(22)34(32,33)30-16-14-29(15-17-30)24(31)19-27-10-3-11-28(13-12-27)21-8-6-20(18-26)7-9-21/h1-2,4-9H,3,10-17,19H2. The fraction of sp³-hybridized carbons (Fsp3) is 0.417. The van der Waals surface area contributed by atoms with E-state index >= 15 is 0 Å². The lowest BCUT2D eigenvalue weighted by Gasteiger charge is -2.35. The number of amides is 1. The van der Waals surface area contributed by atoms with E-state index in [2.05, 4.69) is 15.9 Å². The van der Waals surface area contributed by atoms with Crippen LogP contribution in [0.5, 0.6) is 0 Å². The summed E-state index contributed by atoms with van der Waals surface area (Å²) in [6.07, 6.45) is 0.919. The molecule has 0 unspecified atom stereocenters. The van der Waals surface area contributed by atoms with Crippen molar-refractivity contribution >= 4 is 21.6 Å². The maximum absolute atomic E-state index is 14.0. The molecule has 10 heteroatoms. The van der Waals surface area contributed by atoms with Crippen molar-refractivity contribution in [2.75, 3.05) is 63.8 Å². The fourth-order valence-electron chi connectivity index (χ4n) is 4.40. The predicted octanol–water partition coefficient (Wildman–Crippen LogP) is 1.74. The Balaban J connectivity index is 1.28. The molecule has 2 aliphatic rings.